The summed E-state index contributed by atoms with van der Waals surface area (Å²) in [5.41, 5.74) is 5.41. The third-order valence-electron chi connectivity index (χ3n) is 1.83. The van der Waals surface area contributed by atoms with Crippen LogP contribution in [0.4, 0.5) is 0 Å². The predicted molar refractivity (Wildman–Crippen MR) is 55.1 cm³/mol. The van der Waals surface area contributed by atoms with Crippen LogP contribution >= 0.6 is 15.9 Å². The summed E-state index contributed by atoms with van der Waals surface area (Å²) in [4.78, 5) is 10.6. The largest absolute Gasteiger partial charge is 0.480 e. The molecule has 4 nitrogen and oxygen atoms in total. The lowest BCUT2D eigenvalue weighted by atomic mass is 10.2. The number of hydrogen-bond donors (Lipinski definition) is 2. The molecule has 3 N–H and O–H groups in total. The smallest absolute Gasteiger partial charge is 0.328 e. The second-order valence-electron chi connectivity index (χ2n) is 3.33. The van der Waals surface area contributed by atoms with E-state index < -0.39 is 12.0 Å². The first-order valence-corrected chi connectivity index (χ1v) is 5.00. The van der Waals surface area contributed by atoms with Crippen molar-refractivity contribution in [2.75, 3.05) is 0 Å². The molecule has 1 heterocycles. The Labute approximate surface area is 90.2 Å². The Morgan fingerprint density at radius 2 is 2.21 bits per heavy atom. The van der Waals surface area contributed by atoms with Gasteiger partial charge in [0.15, 0.2) is 6.04 Å². The highest BCUT2D eigenvalue weighted by Gasteiger charge is 2.21. The van der Waals surface area contributed by atoms with E-state index in [1.807, 2.05) is 13.8 Å². The van der Waals surface area contributed by atoms with Crippen LogP contribution < -0.4 is 5.73 Å². The zero-order chi connectivity index (χ0) is 10.9. The summed E-state index contributed by atoms with van der Waals surface area (Å²) in [5, 5.41) is 8.67. The van der Waals surface area contributed by atoms with Crippen LogP contribution in [0.5, 0.6) is 0 Å². The van der Waals surface area contributed by atoms with E-state index in [0.29, 0.717) is 0 Å². The number of carboxylic acids is 1. The number of furan rings is 1. The fourth-order valence-electron chi connectivity index (χ4n) is 1.07. The van der Waals surface area contributed by atoms with Gasteiger partial charge in [-0.1, -0.05) is 13.8 Å². The Hall–Kier alpha value is -0.810. The van der Waals surface area contributed by atoms with E-state index in [9.17, 15) is 4.79 Å². The van der Waals surface area contributed by atoms with E-state index in [1.165, 1.54) is 0 Å². The molecular formula is C9H12BrNO3. The average molecular weight is 262 g/mol. The molecule has 1 aromatic rings. The Morgan fingerprint density at radius 3 is 2.57 bits per heavy atom. The molecule has 1 unspecified atom stereocenters. The lowest BCUT2D eigenvalue weighted by Crippen LogP contribution is -2.19. The summed E-state index contributed by atoms with van der Waals surface area (Å²) >= 11 is 3.29. The van der Waals surface area contributed by atoms with E-state index in [1.54, 1.807) is 6.07 Å². The molecule has 1 atom stereocenters. The first kappa shape index (κ1) is 11.3. The van der Waals surface area contributed by atoms with Crippen LogP contribution in [0.25, 0.3) is 0 Å². The van der Waals surface area contributed by atoms with Crippen molar-refractivity contribution in [1.82, 2.24) is 0 Å². The molecule has 0 spiro atoms. The highest BCUT2D eigenvalue weighted by Crippen LogP contribution is 2.30. The average Bonchev–Trinajstić information content (AvgIpc) is 2.45. The van der Waals surface area contributed by atoms with E-state index in [4.69, 9.17) is 15.3 Å². The first-order valence-electron chi connectivity index (χ1n) is 4.21. The Morgan fingerprint density at radius 1 is 1.64 bits per heavy atom. The van der Waals surface area contributed by atoms with Crippen LogP contribution in [0, 0.1) is 0 Å². The van der Waals surface area contributed by atoms with Crippen molar-refractivity contribution in [3.63, 3.8) is 0 Å². The zero-order valence-corrected chi connectivity index (χ0v) is 9.54. The number of rotatable bonds is 3. The van der Waals surface area contributed by atoms with Crippen molar-refractivity contribution in [1.29, 1.82) is 0 Å². The quantitative estimate of drug-likeness (QED) is 0.875. The minimum absolute atomic E-state index is 0.194. The Bertz CT molecular complexity index is 346. The maximum Gasteiger partial charge on any atom is 0.328 e. The van der Waals surface area contributed by atoms with Crippen molar-refractivity contribution in [2.24, 2.45) is 5.73 Å². The maximum atomic E-state index is 10.6. The van der Waals surface area contributed by atoms with E-state index in [2.05, 4.69) is 15.9 Å². The molecule has 1 rings (SSSR count). The minimum Gasteiger partial charge on any atom is -0.480 e. The standard InChI is InChI=1S/C9H12BrNO3/c1-4(2)8-5(10)3-6(14-8)7(11)9(12)13/h3-4,7H,11H2,1-2H3,(H,12,13). The first-order chi connectivity index (χ1) is 6.43. The fourth-order valence-corrected chi connectivity index (χ4v) is 1.83. The monoisotopic (exact) mass is 261 g/mol. The predicted octanol–water partition coefficient (Wildman–Crippen LogP) is 2.25. The summed E-state index contributed by atoms with van der Waals surface area (Å²) < 4.78 is 6.11. The molecule has 5 heteroatoms. The van der Waals surface area contributed by atoms with Crippen molar-refractivity contribution in [3.05, 3.63) is 22.1 Å². The molecule has 14 heavy (non-hydrogen) atoms. The van der Waals surface area contributed by atoms with Gasteiger partial charge in [-0.3, -0.25) is 4.79 Å². The van der Waals surface area contributed by atoms with Crippen molar-refractivity contribution < 1.29 is 14.3 Å². The van der Waals surface area contributed by atoms with Gasteiger partial charge in [0.1, 0.15) is 11.5 Å². The second-order valence-corrected chi connectivity index (χ2v) is 4.19. The fraction of sp³-hybridized carbons (Fsp3) is 0.444. The van der Waals surface area contributed by atoms with Crippen molar-refractivity contribution in [2.45, 2.75) is 25.8 Å². The molecule has 0 saturated heterocycles. The van der Waals surface area contributed by atoms with Gasteiger partial charge < -0.3 is 15.3 Å². The number of halogens is 1. The van der Waals surface area contributed by atoms with Gasteiger partial charge in [0.2, 0.25) is 0 Å². The maximum absolute atomic E-state index is 10.6. The molecule has 0 saturated carbocycles. The number of hydrogen-bond acceptors (Lipinski definition) is 3. The SMILES string of the molecule is CC(C)c1oc(C(N)C(=O)O)cc1Br. The summed E-state index contributed by atoms with van der Waals surface area (Å²) in [6.45, 7) is 3.92. The van der Waals surface area contributed by atoms with Crippen LogP contribution in [0.15, 0.2) is 15.0 Å². The van der Waals surface area contributed by atoms with E-state index in [0.717, 1.165) is 10.2 Å². The molecule has 0 radical (unpaired) electrons. The van der Waals surface area contributed by atoms with Gasteiger partial charge in [0.05, 0.1) is 4.47 Å². The molecule has 1 aromatic heterocycles. The molecule has 78 valence electrons. The molecule has 0 aliphatic rings. The molecule has 0 aromatic carbocycles. The molecule has 0 aliphatic heterocycles. The molecular weight excluding hydrogens is 250 g/mol. The molecule has 0 fully saturated rings. The van der Waals surface area contributed by atoms with Crippen LogP contribution in [0.1, 0.15) is 37.3 Å². The summed E-state index contributed by atoms with van der Waals surface area (Å²) in [5.74, 6) is 0.0884. The van der Waals surface area contributed by atoms with Crippen LogP contribution in [0.3, 0.4) is 0 Å². The number of nitrogens with two attached hydrogens (primary N) is 1. The lowest BCUT2D eigenvalue weighted by molar-refractivity contribution is -0.139. The third-order valence-corrected chi connectivity index (χ3v) is 2.45. The van der Waals surface area contributed by atoms with Gasteiger partial charge in [-0.15, -0.1) is 0 Å². The van der Waals surface area contributed by atoms with Crippen LogP contribution in [-0.4, -0.2) is 11.1 Å². The van der Waals surface area contributed by atoms with Gasteiger partial charge in [-0.25, -0.2) is 0 Å². The Kier molecular flexibility index (Phi) is 3.34. The summed E-state index contributed by atoms with van der Waals surface area (Å²) in [6.07, 6.45) is 0. The number of carboxylic acid groups (broad SMARTS) is 1. The van der Waals surface area contributed by atoms with Gasteiger partial charge in [-0.2, -0.15) is 0 Å². The van der Waals surface area contributed by atoms with E-state index in [-0.39, 0.29) is 11.7 Å². The minimum atomic E-state index is -1.10. The lowest BCUT2D eigenvalue weighted by Gasteiger charge is -2.03. The molecule has 0 aliphatic carbocycles. The third kappa shape index (κ3) is 2.16. The number of carbonyl (C=O) groups is 1. The number of aliphatic carboxylic acids is 1. The molecule has 0 amide bonds. The highest BCUT2D eigenvalue weighted by atomic mass is 79.9. The van der Waals surface area contributed by atoms with Gasteiger partial charge in [0.25, 0.3) is 0 Å². The topological polar surface area (TPSA) is 76.5 Å². The molecule has 0 bridgehead atoms. The van der Waals surface area contributed by atoms with Gasteiger partial charge in [0, 0.05) is 5.92 Å². The van der Waals surface area contributed by atoms with E-state index >= 15 is 0 Å². The van der Waals surface area contributed by atoms with Crippen LogP contribution in [0.2, 0.25) is 0 Å². The normalized spacial score (nSPS) is 13.2. The van der Waals surface area contributed by atoms with Gasteiger partial charge in [-0.05, 0) is 22.0 Å². The van der Waals surface area contributed by atoms with Crippen molar-refractivity contribution >= 4 is 21.9 Å². The zero-order valence-electron chi connectivity index (χ0n) is 7.95. The highest BCUT2D eigenvalue weighted by molar-refractivity contribution is 9.10. The Balaban J connectivity index is 3.02. The van der Waals surface area contributed by atoms with Gasteiger partial charge >= 0.3 is 5.97 Å². The van der Waals surface area contributed by atoms with Crippen molar-refractivity contribution in [3.8, 4) is 0 Å². The second kappa shape index (κ2) is 4.14. The van der Waals surface area contributed by atoms with Crippen LogP contribution in [-0.2, 0) is 4.79 Å². The summed E-state index contributed by atoms with van der Waals surface area (Å²) in [6, 6.07) is 0.507. The summed E-state index contributed by atoms with van der Waals surface area (Å²) in [7, 11) is 0.